The molecule has 2 aromatic carbocycles. The molecular weight excluding hydrogens is 216 g/mol. The van der Waals surface area contributed by atoms with Crippen LogP contribution in [0.4, 0.5) is 17.1 Å². The molecule has 0 saturated carbocycles. The van der Waals surface area contributed by atoms with Gasteiger partial charge in [-0.1, -0.05) is 18.2 Å². The summed E-state index contributed by atoms with van der Waals surface area (Å²) in [5, 5.41) is 12.0. The Balaban J connectivity index is 2.24. The van der Waals surface area contributed by atoms with Gasteiger partial charge in [-0.2, -0.15) is 0 Å². The van der Waals surface area contributed by atoms with Gasteiger partial charge in [0.25, 0.3) is 0 Å². The molecule has 17 heavy (non-hydrogen) atoms. The Labute approximate surface area is 98.7 Å². The van der Waals surface area contributed by atoms with Crippen LogP contribution in [0.25, 0.3) is 0 Å². The van der Waals surface area contributed by atoms with E-state index in [0.717, 1.165) is 11.4 Å². The van der Waals surface area contributed by atoms with Gasteiger partial charge in [0.1, 0.15) is 0 Å². The molecule has 2 rings (SSSR count). The Morgan fingerprint density at radius 3 is 2.35 bits per heavy atom. The third-order valence-electron chi connectivity index (χ3n) is 2.34. The van der Waals surface area contributed by atoms with Crippen molar-refractivity contribution in [2.45, 2.75) is 0 Å². The first kappa shape index (κ1) is 11.0. The topological polar surface area (TPSA) is 75.3 Å². The molecule has 0 spiro atoms. The minimum Gasteiger partial charge on any atom is -0.478 e. The average Bonchev–Trinajstić information content (AvgIpc) is 2.30. The zero-order chi connectivity index (χ0) is 12.3. The molecule has 0 aromatic heterocycles. The second-order valence-corrected chi connectivity index (χ2v) is 3.60. The summed E-state index contributed by atoms with van der Waals surface area (Å²) in [4.78, 5) is 10.8. The van der Waals surface area contributed by atoms with Crippen LogP contribution >= 0.6 is 0 Å². The third-order valence-corrected chi connectivity index (χ3v) is 2.34. The van der Waals surface area contributed by atoms with Gasteiger partial charge in [0, 0.05) is 17.1 Å². The number of nitrogen functional groups attached to an aromatic ring is 1. The molecule has 0 saturated heterocycles. The van der Waals surface area contributed by atoms with E-state index in [0.29, 0.717) is 0 Å². The van der Waals surface area contributed by atoms with Crippen molar-refractivity contribution in [2.24, 2.45) is 0 Å². The Kier molecular flexibility index (Phi) is 2.96. The van der Waals surface area contributed by atoms with E-state index in [1.807, 2.05) is 30.3 Å². The van der Waals surface area contributed by atoms with Gasteiger partial charge in [-0.25, -0.2) is 4.79 Å². The maximum atomic E-state index is 10.8. The number of carboxylic acids is 1. The number of rotatable bonds is 3. The van der Waals surface area contributed by atoms with Gasteiger partial charge in [-0.05, 0) is 30.3 Å². The summed E-state index contributed by atoms with van der Waals surface area (Å²) >= 11 is 0. The molecule has 2 aromatic rings. The van der Waals surface area contributed by atoms with Gasteiger partial charge in [0.2, 0.25) is 0 Å². The van der Waals surface area contributed by atoms with E-state index >= 15 is 0 Å². The van der Waals surface area contributed by atoms with Crippen molar-refractivity contribution in [3.05, 3.63) is 54.1 Å². The normalized spacial score (nSPS) is 9.88. The van der Waals surface area contributed by atoms with Crippen LogP contribution in [0.2, 0.25) is 0 Å². The highest BCUT2D eigenvalue weighted by molar-refractivity contribution is 5.94. The van der Waals surface area contributed by atoms with E-state index in [4.69, 9.17) is 10.8 Å². The lowest BCUT2D eigenvalue weighted by molar-refractivity contribution is 0.0698. The number of carbonyl (C=O) groups is 1. The van der Waals surface area contributed by atoms with Gasteiger partial charge in [-0.15, -0.1) is 0 Å². The van der Waals surface area contributed by atoms with Gasteiger partial charge in [0.05, 0.1) is 5.56 Å². The van der Waals surface area contributed by atoms with Crippen LogP contribution in [0, 0.1) is 0 Å². The Hall–Kier alpha value is -2.49. The highest BCUT2D eigenvalue weighted by Crippen LogP contribution is 2.21. The molecule has 0 aliphatic rings. The Bertz CT molecular complexity index is 538. The summed E-state index contributed by atoms with van der Waals surface area (Å²) in [7, 11) is 0. The number of para-hydroxylation sites is 1. The first-order valence-corrected chi connectivity index (χ1v) is 5.12. The van der Waals surface area contributed by atoms with Crippen LogP contribution in [0.3, 0.4) is 0 Å². The number of benzene rings is 2. The predicted molar refractivity (Wildman–Crippen MR) is 67.5 cm³/mol. The third kappa shape index (κ3) is 2.55. The van der Waals surface area contributed by atoms with Crippen molar-refractivity contribution in [1.82, 2.24) is 0 Å². The maximum Gasteiger partial charge on any atom is 0.337 e. The van der Waals surface area contributed by atoms with Crippen LogP contribution in [0.15, 0.2) is 48.5 Å². The van der Waals surface area contributed by atoms with Crippen LogP contribution in [0.1, 0.15) is 10.4 Å². The molecule has 0 bridgehead atoms. The average molecular weight is 228 g/mol. The molecule has 86 valence electrons. The van der Waals surface area contributed by atoms with Crippen molar-refractivity contribution >= 4 is 23.0 Å². The van der Waals surface area contributed by atoms with Crippen LogP contribution in [-0.4, -0.2) is 11.1 Å². The summed E-state index contributed by atoms with van der Waals surface area (Å²) in [5.41, 5.74) is 7.71. The first-order chi connectivity index (χ1) is 8.16. The van der Waals surface area contributed by atoms with E-state index in [2.05, 4.69) is 5.32 Å². The number of nitrogens with one attached hydrogen (secondary N) is 1. The van der Waals surface area contributed by atoms with E-state index in [9.17, 15) is 4.79 Å². The number of anilines is 3. The lowest BCUT2D eigenvalue weighted by Gasteiger charge is -2.08. The molecule has 0 amide bonds. The van der Waals surface area contributed by atoms with Crippen molar-refractivity contribution in [2.75, 3.05) is 11.1 Å². The van der Waals surface area contributed by atoms with Crippen molar-refractivity contribution < 1.29 is 9.90 Å². The van der Waals surface area contributed by atoms with Crippen LogP contribution in [0.5, 0.6) is 0 Å². The molecule has 0 fully saturated rings. The number of carboxylic acid groups (broad SMARTS) is 1. The molecule has 0 heterocycles. The lowest BCUT2D eigenvalue weighted by atomic mass is 10.1. The molecule has 0 radical (unpaired) electrons. The number of aromatic carboxylic acids is 1. The molecule has 0 unspecified atom stereocenters. The van der Waals surface area contributed by atoms with Gasteiger partial charge < -0.3 is 16.2 Å². The SMILES string of the molecule is Nc1cc(Nc2ccccc2)ccc1C(=O)O. The largest absolute Gasteiger partial charge is 0.478 e. The molecule has 4 heteroatoms. The first-order valence-electron chi connectivity index (χ1n) is 5.12. The summed E-state index contributed by atoms with van der Waals surface area (Å²) in [6, 6.07) is 14.4. The second-order valence-electron chi connectivity index (χ2n) is 3.60. The number of hydrogen-bond acceptors (Lipinski definition) is 3. The Morgan fingerprint density at radius 2 is 1.76 bits per heavy atom. The van der Waals surface area contributed by atoms with Crippen molar-refractivity contribution in [3.63, 3.8) is 0 Å². The molecule has 0 atom stereocenters. The van der Waals surface area contributed by atoms with E-state index in [1.54, 1.807) is 12.1 Å². The fourth-order valence-corrected chi connectivity index (χ4v) is 1.52. The van der Waals surface area contributed by atoms with Gasteiger partial charge >= 0.3 is 5.97 Å². The predicted octanol–water partition coefficient (Wildman–Crippen LogP) is 2.71. The minimum atomic E-state index is -1.02. The maximum absolute atomic E-state index is 10.8. The monoisotopic (exact) mass is 228 g/mol. The minimum absolute atomic E-state index is 0.114. The summed E-state index contributed by atoms with van der Waals surface area (Å²) in [6.07, 6.45) is 0. The smallest absolute Gasteiger partial charge is 0.337 e. The van der Waals surface area contributed by atoms with Gasteiger partial charge in [-0.3, -0.25) is 0 Å². The summed E-state index contributed by atoms with van der Waals surface area (Å²) in [5.74, 6) is -1.02. The zero-order valence-electron chi connectivity index (χ0n) is 9.05. The van der Waals surface area contributed by atoms with Crippen LogP contribution in [-0.2, 0) is 0 Å². The van der Waals surface area contributed by atoms with Crippen LogP contribution < -0.4 is 11.1 Å². The van der Waals surface area contributed by atoms with Crippen molar-refractivity contribution in [1.29, 1.82) is 0 Å². The number of nitrogens with two attached hydrogens (primary N) is 1. The van der Waals surface area contributed by atoms with Gasteiger partial charge in [0.15, 0.2) is 0 Å². The molecule has 0 aliphatic carbocycles. The molecular formula is C13H12N2O2. The second kappa shape index (κ2) is 4.57. The van der Waals surface area contributed by atoms with E-state index in [-0.39, 0.29) is 11.3 Å². The van der Waals surface area contributed by atoms with E-state index in [1.165, 1.54) is 6.07 Å². The van der Waals surface area contributed by atoms with E-state index < -0.39 is 5.97 Å². The standard InChI is InChI=1S/C13H12N2O2/c14-12-8-10(6-7-11(12)13(16)17)15-9-4-2-1-3-5-9/h1-8,15H,14H2,(H,16,17). The Morgan fingerprint density at radius 1 is 1.06 bits per heavy atom. The zero-order valence-corrected chi connectivity index (χ0v) is 9.05. The number of hydrogen-bond donors (Lipinski definition) is 3. The molecule has 4 nitrogen and oxygen atoms in total. The fourth-order valence-electron chi connectivity index (χ4n) is 1.52. The molecule has 4 N–H and O–H groups in total. The summed E-state index contributed by atoms with van der Waals surface area (Å²) in [6.45, 7) is 0. The lowest BCUT2D eigenvalue weighted by Crippen LogP contribution is -2.02. The highest BCUT2D eigenvalue weighted by atomic mass is 16.4. The summed E-state index contributed by atoms with van der Waals surface area (Å²) < 4.78 is 0. The molecule has 0 aliphatic heterocycles. The van der Waals surface area contributed by atoms with Crippen molar-refractivity contribution in [3.8, 4) is 0 Å². The fraction of sp³-hybridized carbons (Fsp3) is 0. The highest BCUT2D eigenvalue weighted by Gasteiger charge is 2.07. The quantitative estimate of drug-likeness (QED) is 0.706.